The highest BCUT2D eigenvalue weighted by Gasteiger charge is 2.46. The van der Waals surface area contributed by atoms with E-state index in [9.17, 15) is 28.9 Å². The number of hydrogen-bond donors (Lipinski definition) is 2. The Kier molecular flexibility index (Phi) is 7.48. The number of nitro benzene ring substituents is 1. The number of nitrogens with zero attached hydrogens (tertiary/aromatic N) is 4. The highest BCUT2D eigenvalue weighted by Crippen LogP contribution is 2.42. The van der Waals surface area contributed by atoms with Crippen molar-refractivity contribution in [1.82, 2.24) is 14.7 Å². The van der Waals surface area contributed by atoms with Crippen LogP contribution in [0.4, 0.5) is 31.2 Å². The Balaban J connectivity index is 1.71. The third kappa shape index (κ3) is 5.10. The first-order valence-corrected chi connectivity index (χ1v) is 12.2. The summed E-state index contributed by atoms with van der Waals surface area (Å²) in [5.74, 6) is -2.11. The number of amides is 3. The van der Waals surface area contributed by atoms with Gasteiger partial charge in [0.15, 0.2) is 0 Å². The van der Waals surface area contributed by atoms with Gasteiger partial charge in [0.1, 0.15) is 5.82 Å². The Morgan fingerprint density at radius 1 is 1.18 bits per heavy atom. The number of aromatic nitrogens is 2. The summed E-state index contributed by atoms with van der Waals surface area (Å²) < 4.78 is 19.7. The van der Waals surface area contributed by atoms with E-state index in [2.05, 4.69) is 15.7 Å². The number of carbonyl (C=O) groups is 3. The van der Waals surface area contributed by atoms with Gasteiger partial charge in [0, 0.05) is 17.2 Å². The van der Waals surface area contributed by atoms with Gasteiger partial charge in [0.05, 0.1) is 45.0 Å². The van der Waals surface area contributed by atoms with Crippen LogP contribution in [0.3, 0.4) is 0 Å². The first-order chi connectivity index (χ1) is 18.4. The minimum atomic E-state index is -1.11. The van der Waals surface area contributed by atoms with Crippen LogP contribution in [0.5, 0.6) is 0 Å². The molecule has 0 unspecified atom stereocenters. The molecule has 2 N–H and O–H groups in total. The zero-order chi connectivity index (χ0) is 28.6. The number of fused-ring (bicyclic) bond motifs is 1. The summed E-state index contributed by atoms with van der Waals surface area (Å²) in [4.78, 5) is 50.6. The van der Waals surface area contributed by atoms with Crippen molar-refractivity contribution in [2.75, 3.05) is 17.2 Å². The highest BCUT2D eigenvalue weighted by atomic mass is 35.5. The molecule has 0 spiro atoms. The number of para-hydroxylation sites is 1. The summed E-state index contributed by atoms with van der Waals surface area (Å²) in [6.45, 7) is 4.86. The predicted octanol–water partition coefficient (Wildman–Crippen LogP) is 5.78. The quantitative estimate of drug-likeness (QED) is 0.288. The lowest BCUT2D eigenvalue weighted by molar-refractivity contribution is -0.387. The smallest absolute Gasteiger partial charge is 0.436 e. The average molecular weight is 579 g/mol. The van der Waals surface area contributed by atoms with E-state index in [1.807, 2.05) is 0 Å². The van der Waals surface area contributed by atoms with Crippen LogP contribution in [-0.2, 0) is 16.8 Å². The third-order valence-electron chi connectivity index (χ3n) is 6.07. The number of anilines is 2. The largest absolute Gasteiger partial charge is 0.448 e. The van der Waals surface area contributed by atoms with Crippen molar-refractivity contribution >= 4 is 58.4 Å². The first-order valence-electron chi connectivity index (χ1n) is 11.4. The van der Waals surface area contributed by atoms with E-state index in [0.29, 0.717) is 5.56 Å². The number of hydrogen-bond acceptors (Lipinski definition) is 7. The van der Waals surface area contributed by atoms with Crippen LogP contribution < -0.4 is 10.6 Å². The SMILES string of the molecule is CCOC(=O)n1nc2c(c1NC(=O)c1ccc(F)c([N+](=O)[O-])c1)CN(C(=O)Nc1c(Cl)cccc1Cl)C2(C)C. The maximum absolute atomic E-state index is 13.8. The fraction of sp³-hybridized carbons (Fsp3) is 0.250. The Bertz CT molecular complexity index is 1500. The summed E-state index contributed by atoms with van der Waals surface area (Å²) >= 11 is 12.4. The molecule has 204 valence electrons. The molecule has 2 heterocycles. The van der Waals surface area contributed by atoms with E-state index in [0.717, 1.165) is 22.9 Å². The molecule has 0 saturated carbocycles. The molecule has 0 bridgehead atoms. The van der Waals surface area contributed by atoms with Gasteiger partial charge in [-0.05, 0) is 45.0 Å². The molecule has 0 aliphatic carbocycles. The van der Waals surface area contributed by atoms with Crippen LogP contribution in [-0.4, -0.2) is 44.2 Å². The predicted molar refractivity (Wildman–Crippen MR) is 140 cm³/mol. The minimum Gasteiger partial charge on any atom is -0.448 e. The topological polar surface area (TPSA) is 149 Å². The molecule has 0 atom stereocenters. The molecule has 0 radical (unpaired) electrons. The molecule has 3 amide bonds. The summed E-state index contributed by atoms with van der Waals surface area (Å²) in [5, 5.41) is 21.1. The molecular formula is C24H21Cl2FN6O6. The lowest BCUT2D eigenvalue weighted by Gasteiger charge is -2.32. The third-order valence-corrected chi connectivity index (χ3v) is 6.70. The maximum atomic E-state index is 13.8. The average Bonchev–Trinajstić information content (AvgIpc) is 3.35. The van der Waals surface area contributed by atoms with Crippen molar-refractivity contribution in [3.63, 3.8) is 0 Å². The molecule has 4 rings (SSSR count). The second-order valence-corrected chi connectivity index (χ2v) is 9.65. The molecule has 0 saturated heterocycles. The van der Waals surface area contributed by atoms with E-state index < -0.39 is 40.0 Å². The van der Waals surface area contributed by atoms with Crippen molar-refractivity contribution in [1.29, 1.82) is 0 Å². The van der Waals surface area contributed by atoms with Crippen LogP contribution in [0.25, 0.3) is 0 Å². The van der Waals surface area contributed by atoms with E-state index in [1.54, 1.807) is 39.0 Å². The normalized spacial score (nSPS) is 13.5. The van der Waals surface area contributed by atoms with Crippen LogP contribution in [0.2, 0.25) is 10.0 Å². The summed E-state index contributed by atoms with van der Waals surface area (Å²) in [5.41, 5.74) is -1.41. The monoisotopic (exact) mass is 578 g/mol. The number of carbonyl (C=O) groups excluding carboxylic acids is 3. The van der Waals surface area contributed by atoms with E-state index in [-0.39, 0.29) is 46.0 Å². The Labute approximate surface area is 230 Å². The second kappa shape index (κ2) is 10.5. The van der Waals surface area contributed by atoms with Crippen LogP contribution in [0.15, 0.2) is 36.4 Å². The summed E-state index contributed by atoms with van der Waals surface area (Å²) in [6.07, 6.45) is -0.901. The molecule has 1 aliphatic rings. The number of nitro groups is 1. The first kappa shape index (κ1) is 27.8. The van der Waals surface area contributed by atoms with E-state index in [4.69, 9.17) is 27.9 Å². The molecule has 39 heavy (non-hydrogen) atoms. The standard InChI is InChI=1S/C24H21Cl2FN6O6/c1-4-39-23(36)32-20(29-21(34)12-8-9-16(27)17(10-12)33(37)38)13-11-31(24(2,3)19(13)30-32)22(35)28-18-14(25)6-5-7-15(18)26/h5-10H,4,11H2,1-3H3,(H,28,35)(H,29,34). The maximum Gasteiger partial charge on any atom is 0.436 e. The molecule has 3 aromatic rings. The van der Waals surface area contributed by atoms with Gasteiger partial charge in [-0.3, -0.25) is 14.9 Å². The highest BCUT2D eigenvalue weighted by molar-refractivity contribution is 6.39. The van der Waals surface area contributed by atoms with Gasteiger partial charge in [-0.1, -0.05) is 29.3 Å². The lowest BCUT2D eigenvalue weighted by atomic mass is 10.0. The zero-order valence-electron chi connectivity index (χ0n) is 20.8. The molecule has 15 heteroatoms. The van der Waals surface area contributed by atoms with Gasteiger partial charge in [0.25, 0.3) is 5.91 Å². The molecule has 1 aromatic heterocycles. The Hall–Kier alpha value is -4.23. The Morgan fingerprint density at radius 2 is 1.85 bits per heavy atom. The van der Waals surface area contributed by atoms with Crippen LogP contribution in [0, 0.1) is 15.9 Å². The lowest BCUT2D eigenvalue weighted by Crippen LogP contribution is -2.43. The van der Waals surface area contributed by atoms with Gasteiger partial charge >= 0.3 is 17.8 Å². The van der Waals surface area contributed by atoms with Gasteiger partial charge in [-0.2, -0.15) is 9.49 Å². The number of benzene rings is 2. The van der Waals surface area contributed by atoms with Crippen molar-refractivity contribution in [3.8, 4) is 0 Å². The molecular weight excluding hydrogens is 558 g/mol. The molecule has 12 nitrogen and oxygen atoms in total. The number of ether oxygens (including phenoxy) is 1. The van der Waals surface area contributed by atoms with Gasteiger partial charge < -0.3 is 20.3 Å². The number of urea groups is 1. The fourth-order valence-corrected chi connectivity index (χ4v) is 4.60. The van der Waals surface area contributed by atoms with E-state index >= 15 is 0 Å². The van der Waals surface area contributed by atoms with Crippen LogP contribution >= 0.6 is 23.2 Å². The molecule has 0 fully saturated rings. The number of rotatable bonds is 5. The summed E-state index contributed by atoms with van der Waals surface area (Å²) in [6, 6.07) is 6.77. The van der Waals surface area contributed by atoms with E-state index in [1.165, 1.54) is 4.90 Å². The Morgan fingerprint density at radius 3 is 2.46 bits per heavy atom. The van der Waals surface area contributed by atoms with Crippen LogP contribution in [0.1, 0.15) is 42.4 Å². The van der Waals surface area contributed by atoms with Crippen molar-refractivity contribution < 1.29 is 28.4 Å². The zero-order valence-corrected chi connectivity index (χ0v) is 22.3. The van der Waals surface area contributed by atoms with Crippen molar-refractivity contribution in [2.45, 2.75) is 32.9 Å². The second-order valence-electron chi connectivity index (χ2n) is 8.84. The minimum absolute atomic E-state index is 0.0113. The number of halogens is 3. The molecule has 2 aromatic carbocycles. The summed E-state index contributed by atoms with van der Waals surface area (Å²) in [7, 11) is 0. The number of nitrogens with one attached hydrogen (secondary N) is 2. The molecule has 1 aliphatic heterocycles. The van der Waals surface area contributed by atoms with Crippen molar-refractivity contribution in [3.05, 3.63) is 79.2 Å². The van der Waals surface area contributed by atoms with Crippen molar-refractivity contribution in [2.24, 2.45) is 0 Å². The fourth-order valence-electron chi connectivity index (χ4n) is 4.11. The van der Waals surface area contributed by atoms with Gasteiger partial charge in [0.2, 0.25) is 5.82 Å². The van der Waals surface area contributed by atoms with Gasteiger partial charge in [-0.25, -0.2) is 9.59 Å². The van der Waals surface area contributed by atoms with Gasteiger partial charge in [-0.15, -0.1) is 4.68 Å².